The fraction of sp³-hybridized carbons (Fsp3) is 0.500. The van der Waals surface area contributed by atoms with Crippen LogP contribution in [-0.2, 0) is 21.2 Å². The Morgan fingerprint density at radius 1 is 1.36 bits per heavy atom. The molecule has 1 aliphatic heterocycles. The van der Waals surface area contributed by atoms with Crippen molar-refractivity contribution in [2.24, 2.45) is 0 Å². The standard InChI is InChI=1S/C14H18Cl2N2O3S/c1-18(7-10-2-3-12(15)13(16)6-10)8-14(19)17-11-4-5-22(20,21)9-11/h2-3,6,11H,4-5,7-9H2,1H3,(H,17,19)/p+1/t11-/m1/s1. The SMILES string of the molecule is C[NH+](CC(=O)N[C@@H]1CCS(=O)(=O)C1)Cc1ccc(Cl)c(Cl)c1. The Labute approximate surface area is 140 Å². The zero-order chi connectivity index (χ0) is 16.3. The van der Waals surface area contributed by atoms with Crippen molar-refractivity contribution in [3.63, 3.8) is 0 Å². The number of carbonyl (C=O) groups is 1. The van der Waals surface area contributed by atoms with E-state index in [9.17, 15) is 13.2 Å². The maximum absolute atomic E-state index is 12.0. The predicted octanol–water partition coefficient (Wildman–Crippen LogP) is 0.311. The Balaban J connectivity index is 1.82. The van der Waals surface area contributed by atoms with Gasteiger partial charge in [0, 0.05) is 11.6 Å². The molecule has 0 aliphatic carbocycles. The molecule has 22 heavy (non-hydrogen) atoms. The van der Waals surface area contributed by atoms with Crippen LogP contribution in [0.5, 0.6) is 0 Å². The number of halogens is 2. The second-order valence-electron chi connectivity index (χ2n) is 5.73. The van der Waals surface area contributed by atoms with E-state index < -0.39 is 9.84 Å². The summed E-state index contributed by atoms with van der Waals surface area (Å²) in [6.07, 6.45) is 0.500. The Kier molecular flexibility index (Phi) is 5.71. The van der Waals surface area contributed by atoms with E-state index in [1.165, 1.54) is 0 Å². The molecule has 122 valence electrons. The summed E-state index contributed by atoms with van der Waals surface area (Å²) >= 11 is 11.8. The van der Waals surface area contributed by atoms with Crippen LogP contribution < -0.4 is 10.2 Å². The van der Waals surface area contributed by atoms with Gasteiger partial charge in [0.05, 0.1) is 28.6 Å². The minimum atomic E-state index is -2.98. The summed E-state index contributed by atoms with van der Waals surface area (Å²) in [5.74, 6) is 0.0637. The number of likely N-dealkylation sites (N-methyl/N-ethyl adjacent to an activating group) is 1. The number of hydrogen-bond acceptors (Lipinski definition) is 3. The minimum absolute atomic E-state index is 0.0462. The lowest BCUT2D eigenvalue weighted by atomic mass is 10.2. The van der Waals surface area contributed by atoms with Gasteiger partial charge in [-0.05, 0) is 18.6 Å². The van der Waals surface area contributed by atoms with Crippen molar-refractivity contribution < 1.29 is 18.1 Å². The highest BCUT2D eigenvalue weighted by Crippen LogP contribution is 2.22. The third kappa shape index (κ3) is 5.12. The smallest absolute Gasteiger partial charge is 0.275 e. The summed E-state index contributed by atoms with van der Waals surface area (Å²) in [5, 5.41) is 3.78. The fourth-order valence-corrected chi connectivity index (χ4v) is 4.52. The van der Waals surface area contributed by atoms with E-state index in [4.69, 9.17) is 23.2 Å². The van der Waals surface area contributed by atoms with Gasteiger partial charge in [0.1, 0.15) is 6.54 Å². The molecule has 0 saturated carbocycles. The van der Waals surface area contributed by atoms with Crippen LogP contribution in [0.1, 0.15) is 12.0 Å². The normalized spacial score (nSPS) is 21.5. The van der Waals surface area contributed by atoms with Gasteiger partial charge in [-0.25, -0.2) is 8.42 Å². The van der Waals surface area contributed by atoms with Crippen molar-refractivity contribution in [3.05, 3.63) is 33.8 Å². The maximum Gasteiger partial charge on any atom is 0.275 e. The summed E-state index contributed by atoms with van der Waals surface area (Å²) in [6, 6.07) is 5.14. The van der Waals surface area contributed by atoms with Gasteiger partial charge in [-0.15, -0.1) is 0 Å². The molecule has 2 N–H and O–H groups in total. The highest BCUT2D eigenvalue weighted by molar-refractivity contribution is 7.91. The minimum Gasteiger partial charge on any atom is -0.347 e. The van der Waals surface area contributed by atoms with Crippen LogP contribution >= 0.6 is 23.2 Å². The first kappa shape index (κ1) is 17.5. The topological polar surface area (TPSA) is 67.7 Å². The molecular weight excluding hydrogens is 347 g/mol. The first-order valence-corrected chi connectivity index (χ1v) is 9.58. The second-order valence-corrected chi connectivity index (χ2v) is 8.77. The van der Waals surface area contributed by atoms with Crippen molar-refractivity contribution in [1.29, 1.82) is 0 Å². The highest BCUT2D eigenvalue weighted by atomic mass is 35.5. The summed E-state index contributed by atoms with van der Waals surface area (Å²) < 4.78 is 22.7. The quantitative estimate of drug-likeness (QED) is 0.788. The van der Waals surface area contributed by atoms with Crippen LogP contribution in [0, 0.1) is 0 Å². The summed E-state index contributed by atoms with van der Waals surface area (Å²) in [6.45, 7) is 0.907. The van der Waals surface area contributed by atoms with E-state index in [1.54, 1.807) is 12.1 Å². The zero-order valence-corrected chi connectivity index (χ0v) is 14.6. The molecule has 0 radical (unpaired) electrons. The number of benzene rings is 1. The van der Waals surface area contributed by atoms with Gasteiger partial charge >= 0.3 is 0 Å². The molecule has 1 heterocycles. The largest absolute Gasteiger partial charge is 0.347 e. The third-order valence-electron chi connectivity index (χ3n) is 3.55. The van der Waals surface area contributed by atoms with Crippen molar-refractivity contribution in [2.75, 3.05) is 25.1 Å². The molecule has 5 nitrogen and oxygen atoms in total. The summed E-state index contributed by atoms with van der Waals surface area (Å²) in [7, 11) is -1.08. The molecule has 0 bridgehead atoms. The number of rotatable bonds is 5. The monoisotopic (exact) mass is 365 g/mol. The Hall–Kier alpha value is -0.820. The number of sulfone groups is 1. The molecule has 8 heteroatoms. The molecule has 1 saturated heterocycles. The zero-order valence-electron chi connectivity index (χ0n) is 12.2. The molecule has 1 fully saturated rings. The van der Waals surface area contributed by atoms with E-state index in [2.05, 4.69) is 5.32 Å². The molecule has 2 atom stereocenters. The lowest BCUT2D eigenvalue weighted by molar-refractivity contribution is -0.885. The van der Waals surface area contributed by atoms with E-state index in [0.717, 1.165) is 10.5 Å². The number of hydrogen-bond donors (Lipinski definition) is 2. The number of quaternary nitrogens is 1. The van der Waals surface area contributed by atoms with Crippen molar-refractivity contribution in [2.45, 2.75) is 19.0 Å². The summed E-state index contributed by atoms with van der Waals surface area (Å²) in [5.41, 5.74) is 0.989. The van der Waals surface area contributed by atoms with Crippen LogP contribution in [0.2, 0.25) is 10.0 Å². The van der Waals surface area contributed by atoms with Gasteiger partial charge in [0.25, 0.3) is 5.91 Å². The van der Waals surface area contributed by atoms with Gasteiger partial charge in [0.2, 0.25) is 0 Å². The number of nitrogens with one attached hydrogen (secondary N) is 2. The molecule has 1 aliphatic rings. The lowest BCUT2D eigenvalue weighted by Gasteiger charge is -2.16. The van der Waals surface area contributed by atoms with E-state index in [-0.39, 0.29) is 30.0 Å². The first-order valence-electron chi connectivity index (χ1n) is 7.00. The van der Waals surface area contributed by atoms with E-state index >= 15 is 0 Å². The van der Waals surface area contributed by atoms with Crippen LogP contribution in [0.15, 0.2) is 18.2 Å². The number of amides is 1. The van der Waals surface area contributed by atoms with E-state index in [1.807, 2.05) is 13.1 Å². The lowest BCUT2D eigenvalue weighted by Crippen LogP contribution is -3.09. The van der Waals surface area contributed by atoms with Crippen molar-refractivity contribution in [3.8, 4) is 0 Å². The maximum atomic E-state index is 12.0. The van der Waals surface area contributed by atoms with Crippen LogP contribution in [-0.4, -0.2) is 45.5 Å². The second kappa shape index (κ2) is 7.17. The van der Waals surface area contributed by atoms with Gasteiger partial charge < -0.3 is 10.2 Å². The molecule has 0 aromatic heterocycles. The molecular formula is C14H19Cl2N2O3S+. The summed E-state index contributed by atoms with van der Waals surface area (Å²) in [4.78, 5) is 12.9. The Bertz CT molecular complexity index is 664. The first-order chi connectivity index (χ1) is 10.2. The third-order valence-corrected chi connectivity index (χ3v) is 6.06. The highest BCUT2D eigenvalue weighted by Gasteiger charge is 2.29. The van der Waals surface area contributed by atoms with Crippen molar-refractivity contribution >= 4 is 38.9 Å². The van der Waals surface area contributed by atoms with Gasteiger partial charge in [0.15, 0.2) is 16.4 Å². The van der Waals surface area contributed by atoms with Gasteiger partial charge in [-0.3, -0.25) is 4.79 Å². The van der Waals surface area contributed by atoms with E-state index in [0.29, 0.717) is 23.0 Å². The molecule has 1 amide bonds. The van der Waals surface area contributed by atoms with Gasteiger partial charge in [-0.1, -0.05) is 29.3 Å². The van der Waals surface area contributed by atoms with Gasteiger partial charge in [-0.2, -0.15) is 0 Å². The molecule has 1 unspecified atom stereocenters. The molecule has 1 aromatic carbocycles. The average molecular weight is 366 g/mol. The van der Waals surface area contributed by atoms with Crippen LogP contribution in [0.25, 0.3) is 0 Å². The van der Waals surface area contributed by atoms with Crippen LogP contribution in [0.4, 0.5) is 0 Å². The van der Waals surface area contributed by atoms with Crippen LogP contribution in [0.3, 0.4) is 0 Å². The Morgan fingerprint density at radius 3 is 2.68 bits per heavy atom. The molecule has 1 aromatic rings. The molecule has 2 rings (SSSR count). The molecule has 0 spiro atoms. The average Bonchev–Trinajstić information content (AvgIpc) is 2.72. The Morgan fingerprint density at radius 2 is 2.09 bits per heavy atom. The van der Waals surface area contributed by atoms with Crippen molar-refractivity contribution in [1.82, 2.24) is 5.32 Å². The number of carbonyl (C=O) groups excluding carboxylic acids is 1. The predicted molar refractivity (Wildman–Crippen MR) is 87.1 cm³/mol. The fourth-order valence-electron chi connectivity index (χ4n) is 2.52.